The van der Waals surface area contributed by atoms with E-state index >= 15 is 0 Å². The molecule has 2 heterocycles. The highest BCUT2D eigenvalue weighted by Gasteiger charge is 2.30. The van der Waals surface area contributed by atoms with Crippen LogP contribution < -0.4 is 0 Å². The van der Waals surface area contributed by atoms with Crippen LogP contribution in [0.4, 0.5) is 0 Å². The molecule has 0 saturated carbocycles. The molecule has 1 aliphatic heterocycles. The van der Waals surface area contributed by atoms with Crippen LogP contribution in [0.25, 0.3) is 11.0 Å². The number of hydrogen-bond donors (Lipinski definition) is 1. The highest BCUT2D eigenvalue weighted by atomic mass is 16.5. The first-order valence-electron chi connectivity index (χ1n) is 7.47. The van der Waals surface area contributed by atoms with Gasteiger partial charge in [0.25, 0.3) is 0 Å². The average molecular weight is 288 g/mol. The quantitative estimate of drug-likeness (QED) is 0.939. The number of likely N-dealkylation sites (tertiary alicyclic amines) is 1. The number of fused-ring (bicyclic) bond motifs is 1. The van der Waals surface area contributed by atoms with Gasteiger partial charge < -0.3 is 14.5 Å². The fourth-order valence-electron chi connectivity index (χ4n) is 3.08. The van der Waals surface area contributed by atoms with Gasteiger partial charge in [-0.25, -0.2) is 0 Å². The number of nitrogens with zero attached hydrogens (tertiary/aromatic N) is 2. The number of aliphatic hydroxyl groups excluding tert-OH is 1. The first kappa shape index (κ1) is 14.1. The minimum absolute atomic E-state index is 0.0136. The molecule has 3 rings (SSSR count). The fraction of sp³-hybridized carbons (Fsp3) is 0.500. The Bertz CT molecular complexity index is 635. The molecule has 2 aromatic rings. The Hall–Kier alpha value is -1.88. The van der Waals surface area contributed by atoms with Crippen LogP contribution in [0.15, 0.2) is 28.8 Å². The van der Waals surface area contributed by atoms with Crippen LogP contribution in [0.2, 0.25) is 0 Å². The van der Waals surface area contributed by atoms with E-state index < -0.39 is 6.10 Å². The van der Waals surface area contributed by atoms with E-state index in [4.69, 9.17) is 4.52 Å². The molecule has 1 fully saturated rings. The summed E-state index contributed by atoms with van der Waals surface area (Å²) in [7, 11) is 0. The largest absolute Gasteiger partial charge is 0.391 e. The number of hydrogen-bond acceptors (Lipinski definition) is 4. The number of amides is 1. The van der Waals surface area contributed by atoms with Crippen molar-refractivity contribution >= 4 is 16.9 Å². The first-order chi connectivity index (χ1) is 10.2. The lowest BCUT2D eigenvalue weighted by molar-refractivity contribution is -0.137. The topological polar surface area (TPSA) is 66.6 Å². The van der Waals surface area contributed by atoms with Gasteiger partial charge in [-0.05, 0) is 38.3 Å². The Morgan fingerprint density at radius 1 is 1.48 bits per heavy atom. The second-order valence-electron chi connectivity index (χ2n) is 5.69. The van der Waals surface area contributed by atoms with Gasteiger partial charge in [0, 0.05) is 11.9 Å². The maximum Gasteiger partial charge on any atom is 0.229 e. The van der Waals surface area contributed by atoms with Gasteiger partial charge in [0.1, 0.15) is 5.69 Å². The molecule has 0 spiro atoms. The second-order valence-corrected chi connectivity index (χ2v) is 5.69. The third-order valence-corrected chi connectivity index (χ3v) is 4.20. The minimum Gasteiger partial charge on any atom is -0.391 e. The lowest BCUT2D eigenvalue weighted by Gasteiger charge is -2.37. The van der Waals surface area contributed by atoms with E-state index in [9.17, 15) is 9.90 Å². The maximum atomic E-state index is 12.6. The van der Waals surface area contributed by atoms with Gasteiger partial charge in [-0.2, -0.15) is 0 Å². The number of aromatic nitrogens is 1. The first-order valence-corrected chi connectivity index (χ1v) is 7.47. The van der Waals surface area contributed by atoms with Crippen molar-refractivity contribution in [2.24, 2.45) is 0 Å². The number of aliphatic hydroxyl groups is 1. The molecule has 1 aromatic heterocycles. The molecule has 1 saturated heterocycles. The van der Waals surface area contributed by atoms with E-state index in [0.717, 1.165) is 24.6 Å². The van der Waals surface area contributed by atoms with Crippen molar-refractivity contribution in [2.45, 2.75) is 44.8 Å². The third-order valence-electron chi connectivity index (χ3n) is 4.20. The fourth-order valence-corrected chi connectivity index (χ4v) is 3.08. The monoisotopic (exact) mass is 288 g/mol. The van der Waals surface area contributed by atoms with Gasteiger partial charge in [0.2, 0.25) is 5.91 Å². The summed E-state index contributed by atoms with van der Waals surface area (Å²) >= 11 is 0. The zero-order valence-corrected chi connectivity index (χ0v) is 12.2. The molecule has 2 atom stereocenters. The van der Waals surface area contributed by atoms with Crippen molar-refractivity contribution in [3.05, 3.63) is 30.0 Å². The summed E-state index contributed by atoms with van der Waals surface area (Å²) in [6, 6.07) is 7.47. The van der Waals surface area contributed by atoms with Gasteiger partial charge in [-0.3, -0.25) is 4.79 Å². The molecule has 5 heteroatoms. The predicted molar refractivity (Wildman–Crippen MR) is 78.7 cm³/mol. The van der Waals surface area contributed by atoms with E-state index in [1.807, 2.05) is 24.3 Å². The Morgan fingerprint density at radius 3 is 3.10 bits per heavy atom. The lowest BCUT2D eigenvalue weighted by atomic mass is 9.97. The van der Waals surface area contributed by atoms with Crippen LogP contribution in [-0.4, -0.2) is 39.8 Å². The Balaban J connectivity index is 1.79. The van der Waals surface area contributed by atoms with Crippen LogP contribution in [0, 0.1) is 0 Å². The molecular weight excluding hydrogens is 268 g/mol. The predicted octanol–water partition coefficient (Wildman–Crippen LogP) is 2.13. The lowest BCUT2D eigenvalue weighted by Crippen LogP contribution is -2.49. The summed E-state index contributed by atoms with van der Waals surface area (Å²) in [6.45, 7) is 2.46. The maximum absolute atomic E-state index is 12.6. The zero-order valence-electron chi connectivity index (χ0n) is 12.2. The zero-order chi connectivity index (χ0) is 14.8. The summed E-state index contributed by atoms with van der Waals surface area (Å²) < 4.78 is 5.24. The van der Waals surface area contributed by atoms with E-state index in [2.05, 4.69) is 5.16 Å². The number of rotatable bonds is 3. The van der Waals surface area contributed by atoms with E-state index in [1.54, 1.807) is 11.8 Å². The highest BCUT2D eigenvalue weighted by Crippen LogP contribution is 2.23. The van der Waals surface area contributed by atoms with Crippen LogP contribution >= 0.6 is 0 Å². The summed E-state index contributed by atoms with van der Waals surface area (Å²) in [5.74, 6) is 0.0136. The summed E-state index contributed by atoms with van der Waals surface area (Å²) in [6.07, 6.45) is 2.65. The number of carbonyl (C=O) groups excluding carboxylic acids is 1. The van der Waals surface area contributed by atoms with E-state index in [1.165, 1.54) is 0 Å². The van der Waals surface area contributed by atoms with Gasteiger partial charge in [-0.1, -0.05) is 17.3 Å². The normalized spacial score (nSPS) is 20.7. The Labute approximate surface area is 123 Å². The molecule has 112 valence electrons. The Kier molecular flexibility index (Phi) is 3.92. The van der Waals surface area contributed by atoms with Crippen LogP contribution in [0.5, 0.6) is 0 Å². The van der Waals surface area contributed by atoms with Crippen LogP contribution in [0.3, 0.4) is 0 Å². The summed E-state index contributed by atoms with van der Waals surface area (Å²) in [5.41, 5.74) is 1.37. The van der Waals surface area contributed by atoms with Crippen molar-refractivity contribution in [1.82, 2.24) is 10.1 Å². The SMILES string of the molecule is CC(O)C1CCCCN1C(=O)Cc1noc2ccccc12. The van der Waals surface area contributed by atoms with Gasteiger partial charge in [0.15, 0.2) is 5.58 Å². The molecule has 1 aromatic carbocycles. The molecule has 21 heavy (non-hydrogen) atoms. The molecule has 1 aliphatic rings. The van der Waals surface area contributed by atoms with Gasteiger partial charge in [0.05, 0.1) is 18.6 Å². The highest BCUT2D eigenvalue weighted by molar-refractivity contribution is 5.86. The van der Waals surface area contributed by atoms with Crippen molar-refractivity contribution < 1.29 is 14.4 Å². The molecule has 0 aliphatic carbocycles. The second kappa shape index (κ2) is 5.85. The molecule has 5 nitrogen and oxygen atoms in total. The van der Waals surface area contributed by atoms with Crippen molar-refractivity contribution in [3.8, 4) is 0 Å². The van der Waals surface area contributed by atoms with E-state index in [-0.39, 0.29) is 18.4 Å². The van der Waals surface area contributed by atoms with Crippen molar-refractivity contribution in [3.63, 3.8) is 0 Å². The third kappa shape index (κ3) is 2.78. The van der Waals surface area contributed by atoms with Crippen LogP contribution in [0.1, 0.15) is 31.9 Å². The van der Waals surface area contributed by atoms with Gasteiger partial charge in [-0.15, -0.1) is 0 Å². The number of carbonyl (C=O) groups is 1. The smallest absolute Gasteiger partial charge is 0.229 e. The van der Waals surface area contributed by atoms with Crippen molar-refractivity contribution in [1.29, 1.82) is 0 Å². The standard InChI is InChI=1S/C16H20N2O3/c1-11(19)14-7-4-5-9-18(14)16(20)10-13-12-6-2-3-8-15(12)21-17-13/h2-3,6,8,11,14,19H,4-5,7,9-10H2,1H3. The molecule has 2 unspecified atom stereocenters. The number of piperidine rings is 1. The minimum atomic E-state index is -0.497. The summed E-state index contributed by atoms with van der Waals surface area (Å²) in [4.78, 5) is 14.4. The number of para-hydroxylation sites is 1. The van der Waals surface area contributed by atoms with E-state index in [0.29, 0.717) is 17.8 Å². The summed E-state index contributed by atoms with van der Waals surface area (Å²) in [5, 5.41) is 14.8. The van der Waals surface area contributed by atoms with Crippen LogP contribution in [-0.2, 0) is 11.2 Å². The molecule has 0 radical (unpaired) electrons. The molecule has 1 N–H and O–H groups in total. The molecule has 1 amide bonds. The van der Waals surface area contributed by atoms with Crippen molar-refractivity contribution in [2.75, 3.05) is 6.54 Å². The molecular formula is C16H20N2O3. The number of benzene rings is 1. The Morgan fingerprint density at radius 2 is 2.29 bits per heavy atom. The van der Waals surface area contributed by atoms with Gasteiger partial charge >= 0.3 is 0 Å². The average Bonchev–Trinajstić information content (AvgIpc) is 2.90. The molecule has 0 bridgehead atoms.